The molecule has 7 heteroatoms. The summed E-state index contributed by atoms with van der Waals surface area (Å²) in [5.74, 6) is 0.596. The van der Waals surface area contributed by atoms with Crippen LogP contribution >= 0.6 is 22.6 Å². The van der Waals surface area contributed by atoms with Crippen LogP contribution in [0.1, 0.15) is 11.7 Å². The van der Waals surface area contributed by atoms with Crippen molar-refractivity contribution in [3.63, 3.8) is 0 Å². The van der Waals surface area contributed by atoms with Gasteiger partial charge in [-0.05, 0) is 40.3 Å². The lowest BCUT2D eigenvalue weighted by atomic mass is 10.1. The minimum atomic E-state index is 0.131. The maximum Gasteiger partial charge on any atom is 0.227 e. The maximum absolute atomic E-state index is 5.76. The molecule has 23 heavy (non-hydrogen) atoms. The van der Waals surface area contributed by atoms with E-state index in [-0.39, 0.29) is 6.10 Å². The molecule has 0 aliphatic carbocycles. The van der Waals surface area contributed by atoms with E-state index in [1.54, 1.807) is 6.20 Å². The summed E-state index contributed by atoms with van der Waals surface area (Å²) < 4.78 is 6.85. The van der Waals surface area contributed by atoms with E-state index in [2.05, 4.69) is 60.3 Å². The monoisotopic (exact) mass is 421 g/mol. The van der Waals surface area contributed by atoms with Crippen LogP contribution in [0.15, 0.2) is 36.7 Å². The molecule has 0 amide bonds. The summed E-state index contributed by atoms with van der Waals surface area (Å²) in [5.41, 5.74) is 4.01. The number of hydrogen-bond donors (Lipinski definition) is 3. The highest BCUT2D eigenvalue weighted by Crippen LogP contribution is 2.23. The smallest absolute Gasteiger partial charge is 0.227 e. The van der Waals surface area contributed by atoms with Gasteiger partial charge in [0.25, 0.3) is 0 Å². The highest BCUT2D eigenvalue weighted by atomic mass is 127. The van der Waals surface area contributed by atoms with Gasteiger partial charge in [-0.15, -0.1) is 0 Å². The van der Waals surface area contributed by atoms with E-state index in [0.717, 1.165) is 40.0 Å². The summed E-state index contributed by atoms with van der Waals surface area (Å²) in [5, 5.41) is 6.59. The van der Waals surface area contributed by atoms with Gasteiger partial charge in [0.1, 0.15) is 5.52 Å². The van der Waals surface area contributed by atoms with Crippen molar-refractivity contribution in [2.24, 2.45) is 0 Å². The zero-order chi connectivity index (χ0) is 15.6. The van der Waals surface area contributed by atoms with Crippen molar-refractivity contribution in [2.75, 3.05) is 25.0 Å². The summed E-state index contributed by atoms with van der Waals surface area (Å²) in [6, 6.07) is 8.23. The minimum absolute atomic E-state index is 0.131. The van der Waals surface area contributed by atoms with E-state index < -0.39 is 0 Å². The fraction of sp³-hybridized carbons (Fsp3) is 0.250. The lowest BCUT2D eigenvalue weighted by Crippen LogP contribution is -2.33. The number of hydrogen-bond acceptors (Lipinski definition) is 5. The molecule has 0 spiro atoms. The van der Waals surface area contributed by atoms with Crippen LogP contribution in [0.4, 0.5) is 11.6 Å². The standard InChI is InChI=1S/C16H16IN5O/c17-12-7-19-13-8-20-16(22-15(12)13)21-11-3-1-10(2-4-11)14-9-18-5-6-23-14/h1-4,7-8,14,18-19H,5-6,9H2,(H,20,21,22). The number of rotatable bonds is 3. The molecule has 3 heterocycles. The average molecular weight is 421 g/mol. The zero-order valence-electron chi connectivity index (χ0n) is 12.3. The van der Waals surface area contributed by atoms with Gasteiger partial charge in [0.2, 0.25) is 5.95 Å². The van der Waals surface area contributed by atoms with Crippen molar-refractivity contribution in [3.8, 4) is 0 Å². The third-order valence-corrected chi connectivity index (χ3v) is 4.66. The molecule has 1 aromatic carbocycles. The minimum Gasteiger partial charge on any atom is -0.371 e. The molecule has 1 atom stereocenters. The Morgan fingerprint density at radius 3 is 2.91 bits per heavy atom. The third-order valence-electron chi connectivity index (χ3n) is 3.84. The van der Waals surface area contributed by atoms with Gasteiger partial charge in [-0.1, -0.05) is 12.1 Å². The molecule has 0 saturated carbocycles. The molecule has 2 aromatic heterocycles. The van der Waals surface area contributed by atoms with Gasteiger partial charge in [-0.25, -0.2) is 9.97 Å². The number of benzene rings is 1. The Hall–Kier alpha value is -1.71. The second-order valence-corrected chi connectivity index (χ2v) is 6.57. The normalized spacial score (nSPS) is 18.2. The number of fused-ring (bicyclic) bond motifs is 1. The largest absolute Gasteiger partial charge is 0.371 e. The molecule has 1 aliphatic rings. The first-order valence-corrected chi connectivity index (χ1v) is 8.56. The SMILES string of the molecule is Ic1c[nH]c2cnc(Nc3ccc(C4CNCCO4)cc3)nc12. The highest BCUT2D eigenvalue weighted by Gasteiger charge is 2.15. The van der Waals surface area contributed by atoms with Crippen LogP contribution in [-0.2, 0) is 4.74 Å². The van der Waals surface area contributed by atoms with E-state index in [4.69, 9.17) is 4.74 Å². The molecule has 1 saturated heterocycles. The second kappa shape index (κ2) is 6.42. The molecule has 118 valence electrons. The van der Waals surface area contributed by atoms with Gasteiger partial charge in [-0.3, -0.25) is 0 Å². The van der Waals surface area contributed by atoms with Crippen LogP contribution in [0.2, 0.25) is 0 Å². The van der Waals surface area contributed by atoms with Crippen LogP contribution in [-0.4, -0.2) is 34.6 Å². The number of nitrogens with one attached hydrogen (secondary N) is 3. The van der Waals surface area contributed by atoms with Crippen molar-refractivity contribution < 1.29 is 4.74 Å². The number of aromatic nitrogens is 3. The Bertz CT molecular complexity index is 811. The molecule has 4 rings (SSSR count). The fourth-order valence-electron chi connectivity index (χ4n) is 2.63. The van der Waals surface area contributed by atoms with Gasteiger partial charge < -0.3 is 20.4 Å². The summed E-state index contributed by atoms with van der Waals surface area (Å²) >= 11 is 2.26. The van der Waals surface area contributed by atoms with Crippen LogP contribution < -0.4 is 10.6 Å². The molecule has 3 aromatic rings. The first-order valence-electron chi connectivity index (χ1n) is 7.48. The van der Waals surface area contributed by atoms with E-state index in [0.29, 0.717) is 5.95 Å². The number of halogens is 1. The molecular weight excluding hydrogens is 405 g/mol. The van der Waals surface area contributed by atoms with Crippen LogP contribution in [0.5, 0.6) is 0 Å². The average Bonchev–Trinajstić information content (AvgIpc) is 2.97. The first-order chi connectivity index (χ1) is 11.3. The summed E-state index contributed by atoms with van der Waals surface area (Å²) in [6.45, 7) is 2.54. The van der Waals surface area contributed by atoms with Crippen molar-refractivity contribution in [1.29, 1.82) is 0 Å². The molecule has 1 aliphatic heterocycles. The Labute approximate surface area is 147 Å². The summed E-state index contributed by atoms with van der Waals surface area (Å²) in [7, 11) is 0. The van der Waals surface area contributed by atoms with Crippen molar-refractivity contribution in [1.82, 2.24) is 20.3 Å². The quantitative estimate of drug-likeness (QED) is 0.568. The van der Waals surface area contributed by atoms with E-state index >= 15 is 0 Å². The van der Waals surface area contributed by atoms with Gasteiger partial charge >= 0.3 is 0 Å². The summed E-state index contributed by atoms with van der Waals surface area (Å²) in [6.07, 6.45) is 3.85. The fourth-order valence-corrected chi connectivity index (χ4v) is 3.20. The molecular formula is C16H16IN5O. The predicted octanol–water partition coefficient (Wildman–Crippen LogP) is 2.97. The number of morpholine rings is 1. The Morgan fingerprint density at radius 1 is 1.26 bits per heavy atom. The summed E-state index contributed by atoms with van der Waals surface area (Å²) in [4.78, 5) is 12.0. The Morgan fingerprint density at radius 2 is 2.13 bits per heavy atom. The van der Waals surface area contributed by atoms with Crippen molar-refractivity contribution in [2.45, 2.75) is 6.10 Å². The number of anilines is 2. The molecule has 3 N–H and O–H groups in total. The van der Waals surface area contributed by atoms with Crippen LogP contribution in [0, 0.1) is 3.57 Å². The Kier molecular flexibility index (Phi) is 4.15. The van der Waals surface area contributed by atoms with E-state index in [1.165, 1.54) is 5.56 Å². The predicted molar refractivity (Wildman–Crippen MR) is 97.9 cm³/mol. The van der Waals surface area contributed by atoms with Gasteiger partial charge in [-0.2, -0.15) is 0 Å². The molecule has 0 radical (unpaired) electrons. The van der Waals surface area contributed by atoms with Crippen molar-refractivity contribution >= 4 is 45.3 Å². The van der Waals surface area contributed by atoms with Gasteiger partial charge in [0.05, 0.1) is 28.0 Å². The highest BCUT2D eigenvalue weighted by molar-refractivity contribution is 14.1. The molecule has 1 fully saturated rings. The molecule has 0 bridgehead atoms. The topological polar surface area (TPSA) is 74.9 Å². The van der Waals surface area contributed by atoms with E-state index in [1.807, 2.05) is 18.3 Å². The number of H-pyrrole nitrogens is 1. The van der Waals surface area contributed by atoms with Gasteiger partial charge in [0, 0.05) is 25.0 Å². The molecule has 1 unspecified atom stereocenters. The zero-order valence-corrected chi connectivity index (χ0v) is 14.5. The number of ether oxygens (including phenoxy) is 1. The second-order valence-electron chi connectivity index (χ2n) is 5.40. The van der Waals surface area contributed by atoms with Crippen LogP contribution in [0.25, 0.3) is 11.0 Å². The maximum atomic E-state index is 5.76. The van der Waals surface area contributed by atoms with Gasteiger partial charge in [0.15, 0.2) is 0 Å². The molecule has 6 nitrogen and oxygen atoms in total. The third kappa shape index (κ3) is 3.17. The number of nitrogens with zero attached hydrogens (tertiary/aromatic N) is 2. The Balaban J connectivity index is 1.52. The van der Waals surface area contributed by atoms with E-state index in [9.17, 15) is 0 Å². The lowest BCUT2D eigenvalue weighted by Gasteiger charge is -2.24. The first kappa shape index (κ1) is 14.9. The number of aromatic amines is 1. The van der Waals surface area contributed by atoms with Crippen molar-refractivity contribution in [3.05, 3.63) is 45.8 Å². The lowest BCUT2D eigenvalue weighted by molar-refractivity contribution is 0.0277. The van der Waals surface area contributed by atoms with Crippen LogP contribution in [0.3, 0.4) is 0 Å².